The molecule has 9 N–H and O–H groups in total. The Hall–Kier alpha value is -0.670. The number of phosphoric ester groups is 1. The van der Waals surface area contributed by atoms with Gasteiger partial charge in [0.1, 0.15) is 24.1 Å². The molecule has 30 heavy (non-hydrogen) atoms. The molecule has 0 spiro atoms. The summed E-state index contributed by atoms with van der Waals surface area (Å²) in [4.78, 5) is 36.9. The van der Waals surface area contributed by atoms with Gasteiger partial charge in [-0.2, -0.15) is 8.62 Å². The number of ether oxygens (including phenoxy) is 1. The summed E-state index contributed by atoms with van der Waals surface area (Å²) in [5, 5.41) is 23.2. The summed E-state index contributed by atoms with van der Waals surface area (Å²) in [5.41, 5.74) is 6.43. The number of nitrogens with two attached hydrogens (primary N) is 1. The fourth-order valence-electron chi connectivity index (χ4n) is 2.54. The SMILES string of the molecule is C=C1NC(N)C(C)=CN1C1OC(COP(=O)(O)OP(=O)(O)OP(=O)(O)O)C(O)C1O. The highest BCUT2D eigenvalue weighted by Gasteiger charge is 2.48. The molecule has 2 aliphatic rings. The third kappa shape index (κ3) is 6.66. The summed E-state index contributed by atoms with van der Waals surface area (Å²) < 4.78 is 50.7. The molecule has 0 radical (unpaired) electrons. The van der Waals surface area contributed by atoms with Gasteiger partial charge in [-0.15, -0.1) is 0 Å². The zero-order valence-corrected chi connectivity index (χ0v) is 18.0. The van der Waals surface area contributed by atoms with E-state index in [-0.39, 0.29) is 5.82 Å². The van der Waals surface area contributed by atoms with Crippen LogP contribution >= 0.6 is 23.5 Å². The summed E-state index contributed by atoms with van der Waals surface area (Å²) in [5.74, 6) is 0.234. The smallest absolute Gasteiger partial charge is 0.387 e. The number of nitrogens with zero attached hydrogens (tertiary/aromatic N) is 1. The van der Waals surface area contributed by atoms with Crippen LogP contribution in [0.2, 0.25) is 0 Å². The van der Waals surface area contributed by atoms with Crippen LogP contribution in [-0.4, -0.2) is 72.0 Å². The van der Waals surface area contributed by atoms with Crippen molar-refractivity contribution >= 4 is 23.5 Å². The highest BCUT2D eigenvalue weighted by Crippen LogP contribution is 2.66. The van der Waals surface area contributed by atoms with Crippen molar-refractivity contribution < 1.29 is 61.4 Å². The largest absolute Gasteiger partial charge is 0.490 e. The Morgan fingerprint density at radius 1 is 1.17 bits per heavy atom. The molecule has 7 unspecified atom stereocenters. The van der Waals surface area contributed by atoms with Crippen molar-refractivity contribution in [2.24, 2.45) is 5.73 Å². The van der Waals surface area contributed by atoms with Gasteiger partial charge in [0.15, 0.2) is 6.23 Å². The average molecular weight is 497 g/mol. The molecular weight excluding hydrogens is 475 g/mol. The summed E-state index contributed by atoms with van der Waals surface area (Å²) in [6.45, 7) is 4.47. The van der Waals surface area contributed by atoms with E-state index in [2.05, 4.69) is 25.0 Å². The third-order valence-corrected chi connectivity index (χ3v) is 7.70. The van der Waals surface area contributed by atoms with Gasteiger partial charge in [0.2, 0.25) is 0 Å². The Bertz CT molecular complexity index is 845. The topological polar surface area (TPSA) is 251 Å². The van der Waals surface area contributed by atoms with E-state index in [1.165, 1.54) is 11.1 Å². The first kappa shape index (κ1) is 25.6. The van der Waals surface area contributed by atoms with Crippen LogP contribution in [0.25, 0.3) is 0 Å². The zero-order valence-electron chi connectivity index (χ0n) is 15.3. The third-order valence-electron chi connectivity index (χ3n) is 3.90. The van der Waals surface area contributed by atoms with Gasteiger partial charge in [-0.1, -0.05) is 6.58 Å². The predicted molar refractivity (Wildman–Crippen MR) is 96.3 cm³/mol. The minimum absolute atomic E-state index is 0.234. The van der Waals surface area contributed by atoms with Crippen molar-refractivity contribution in [2.75, 3.05) is 6.61 Å². The van der Waals surface area contributed by atoms with Crippen molar-refractivity contribution in [1.29, 1.82) is 0 Å². The monoisotopic (exact) mass is 497 g/mol. The number of aliphatic hydroxyl groups excluding tert-OH is 2. The molecule has 0 aromatic rings. The average Bonchev–Trinajstić information content (AvgIpc) is 2.81. The molecule has 0 aliphatic carbocycles. The molecule has 1 saturated heterocycles. The first-order valence-corrected chi connectivity index (χ1v) is 12.5. The van der Waals surface area contributed by atoms with E-state index in [1.807, 2.05) is 0 Å². The van der Waals surface area contributed by atoms with Crippen LogP contribution in [0.5, 0.6) is 0 Å². The van der Waals surface area contributed by atoms with Crippen molar-refractivity contribution in [1.82, 2.24) is 10.2 Å². The first-order chi connectivity index (χ1) is 13.5. The summed E-state index contributed by atoms with van der Waals surface area (Å²) >= 11 is 0. The highest BCUT2D eigenvalue weighted by atomic mass is 31.3. The van der Waals surface area contributed by atoms with E-state index in [0.29, 0.717) is 5.57 Å². The predicted octanol–water partition coefficient (Wildman–Crippen LogP) is -1.66. The van der Waals surface area contributed by atoms with Gasteiger partial charge in [0, 0.05) is 6.20 Å². The van der Waals surface area contributed by atoms with Gasteiger partial charge in [-0.25, -0.2) is 13.7 Å². The Morgan fingerprint density at radius 3 is 2.33 bits per heavy atom. The number of hydrogen-bond acceptors (Lipinski definition) is 12. The molecule has 2 heterocycles. The molecule has 0 aromatic heterocycles. The molecule has 2 rings (SSSR count). The minimum atomic E-state index is -5.68. The van der Waals surface area contributed by atoms with Gasteiger partial charge in [-0.3, -0.25) is 4.52 Å². The van der Waals surface area contributed by atoms with Crippen LogP contribution in [-0.2, 0) is 31.6 Å². The van der Waals surface area contributed by atoms with Crippen LogP contribution in [0.4, 0.5) is 0 Å². The maximum Gasteiger partial charge on any atom is 0.490 e. The van der Waals surface area contributed by atoms with Gasteiger partial charge in [-0.05, 0) is 12.5 Å². The van der Waals surface area contributed by atoms with E-state index in [9.17, 15) is 28.8 Å². The standard InChI is InChI=1S/C11H22N3O13P3/c1-5-3-14(6(2)13-10(5)12)11-9(16)8(15)7(25-11)4-24-29(20,21)27-30(22,23)26-28(17,18)19/h3,7-11,13,15-16H,2,4,12H2,1H3,(H,20,21)(H,22,23)(H2,17,18,19). The Morgan fingerprint density at radius 2 is 1.77 bits per heavy atom. The molecule has 7 atom stereocenters. The molecule has 0 amide bonds. The number of hydrogen-bond donors (Lipinski definition) is 8. The van der Waals surface area contributed by atoms with E-state index < -0.39 is 60.8 Å². The highest BCUT2D eigenvalue weighted by molar-refractivity contribution is 7.66. The maximum atomic E-state index is 11.8. The quantitative estimate of drug-likeness (QED) is 0.175. The lowest BCUT2D eigenvalue weighted by atomic mass is 10.1. The van der Waals surface area contributed by atoms with Gasteiger partial charge in [0.05, 0.1) is 12.8 Å². The fourth-order valence-corrected chi connectivity index (χ4v) is 5.57. The normalized spacial score (nSPS) is 34.1. The van der Waals surface area contributed by atoms with Crippen LogP contribution < -0.4 is 11.1 Å². The van der Waals surface area contributed by atoms with Crippen molar-refractivity contribution in [3.8, 4) is 0 Å². The van der Waals surface area contributed by atoms with Crippen LogP contribution in [0, 0.1) is 0 Å². The molecule has 1 fully saturated rings. The molecule has 19 heteroatoms. The second-order valence-electron chi connectivity index (χ2n) is 6.28. The van der Waals surface area contributed by atoms with Crippen molar-refractivity contribution in [3.05, 3.63) is 24.2 Å². The molecule has 2 aliphatic heterocycles. The number of rotatable bonds is 8. The molecule has 16 nitrogen and oxygen atoms in total. The van der Waals surface area contributed by atoms with Gasteiger partial charge in [0.25, 0.3) is 0 Å². The van der Waals surface area contributed by atoms with E-state index >= 15 is 0 Å². The molecule has 0 saturated carbocycles. The lowest BCUT2D eigenvalue weighted by Crippen LogP contribution is -2.51. The number of nitrogens with one attached hydrogen (secondary N) is 1. The Balaban J connectivity index is 2.02. The molecule has 0 bridgehead atoms. The first-order valence-electron chi connectivity index (χ1n) is 7.99. The van der Waals surface area contributed by atoms with Gasteiger partial charge < -0.3 is 50.5 Å². The van der Waals surface area contributed by atoms with Gasteiger partial charge >= 0.3 is 23.5 Å². The lowest BCUT2D eigenvalue weighted by Gasteiger charge is -2.37. The second kappa shape index (κ2) is 9.06. The summed E-state index contributed by atoms with van der Waals surface area (Å²) in [6, 6.07) is 0. The van der Waals surface area contributed by atoms with Crippen LogP contribution in [0.3, 0.4) is 0 Å². The molecular formula is C11H22N3O13P3. The Labute approximate surface area is 170 Å². The minimum Gasteiger partial charge on any atom is -0.387 e. The molecule has 174 valence electrons. The number of aliphatic hydroxyl groups is 2. The number of phosphoric acid groups is 3. The molecule has 0 aromatic carbocycles. The van der Waals surface area contributed by atoms with E-state index in [1.54, 1.807) is 6.92 Å². The van der Waals surface area contributed by atoms with E-state index in [4.69, 9.17) is 25.2 Å². The van der Waals surface area contributed by atoms with E-state index in [0.717, 1.165) is 0 Å². The van der Waals surface area contributed by atoms with Crippen LogP contribution in [0.15, 0.2) is 24.2 Å². The lowest BCUT2D eigenvalue weighted by molar-refractivity contribution is -0.0718. The second-order valence-corrected chi connectivity index (χ2v) is 10.7. The van der Waals surface area contributed by atoms with Crippen molar-refractivity contribution in [3.63, 3.8) is 0 Å². The zero-order chi connectivity index (χ0) is 23.1. The Kier molecular flexibility index (Phi) is 7.73. The van der Waals surface area contributed by atoms with Crippen LogP contribution in [0.1, 0.15) is 6.92 Å². The van der Waals surface area contributed by atoms with Crippen molar-refractivity contribution in [2.45, 2.75) is 37.6 Å². The summed E-state index contributed by atoms with van der Waals surface area (Å²) in [7, 11) is -16.6. The summed E-state index contributed by atoms with van der Waals surface area (Å²) in [6.07, 6.45) is -4.78. The maximum absolute atomic E-state index is 11.8. The fraction of sp³-hybridized carbons (Fsp3) is 0.636.